The van der Waals surface area contributed by atoms with Gasteiger partial charge in [0, 0.05) is 12.7 Å². The SMILES string of the molecule is N#Cc1ccncc1NCCOC(N)=O. The molecular formula is C9H10N4O2. The Kier molecular flexibility index (Phi) is 3.91. The van der Waals surface area contributed by atoms with Crippen molar-refractivity contribution in [1.82, 2.24) is 4.98 Å². The summed E-state index contributed by atoms with van der Waals surface area (Å²) in [5.41, 5.74) is 5.87. The molecule has 1 aromatic rings. The van der Waals surface area contributed by atoms with Gasteiger partial charge in [-0.1, -0.05) is 0 Å². The Labute approximate surface area is 86.7 Å². The predicted octanol–water partition coefficient (Wildman–Crippen LogP) is 0.460. The number of anilines is 1. The average Bonchev–Trinajstić information content (AvgIpc) is 2.24. The number of hydrogen-bond donors (Lipinski definition) is 2. The van der Waals surface area contributed by atoms with Crippen LogP contribution >= 0.6 is 0 Å². The van der Waals surface area contributed by atoms with Gasteiger partial charge >= 0.3 is 6.09 Å². The lowest BCUT2D eigenvalue weighted by Gasteiger charge is -2.06. The average molecular weight is 206 g/mol. The highest BCUT2D eigenvalue weighted by molar-refractivity contribution is 5.64. The van der Waals surface area contributed by atoms with E-state index in [0.29, 0.717) is 17.8 Å². The quantitative estimate of drug-likeness (QED) is 0.697. The van der Waals surface area contributed by atoms with Crippen LogP contribution < -0.4 is 11.1 Å². The van der Waals surface area contributed by atoms with E-state index in [-0.39, 0.29) is 6.61 Å². The zero-order valence-corrected chi connectivity index (χ0v) is 7.93. The van der Waals surface area contributed by atoms with Crippen LogP contribution in [0.4, 0.5) is 10.5 Å². The van der Waals surface area contributed by atoms with E-state index in [1.54, 1.807) is 6.07 Å². The number of nitrogens with zero attached hydrogens (tertiary/aromatic N) is 2. The second kappa shape index (κ2) is 5.44. The summed E-state index contributed by atoms with van der Waals surface area (Å²) in [6.07, 6.45) is 2.25. The molecule has 1 rings (SSSR count). The van der Waals surface area contributed by atoms with E-state index < -0.39 is 6.09 Å². The number of pyridine rings is 1. The molecule has 6 heteroatoms. The fraction of sp³-hybridized carbons (Fsp3) is 0.222. The lowest BCUT2D eigenvalue weighted by Crippen LogP contribution is -2.18. The van der Waals surface area contributed by atoms with Crippen LogP contribution in [0.3, 0.4) is 0 Å². The van der Waals surface area contributed by atoms with Gasteiger partial charge in [-0.05, 0) is 6.07 Å². The van der Waals surface area contributed by atoms with Crippen molar-refractivity contribution in [2.45, 2.75) is 0 Å². The largest absolute Gasteiger partial charge is 0.448 e. The molecule has 3 N–H and O–H groups in total. The lowest BCUT2D eigenvalue weighted by atomic mass is 10.2. The first-order valence-electron chi connectivity index (χ1n) is 4.24. The van der Waals surface area contributed by atoms with Crippen LogP contribution in [-0.2, 0) is 4.74 Å². The molecule has 0 atom stereocenters. The van der Waals surface area contributed by atoms with Gasteiger partial charge in [0.15, 0.2) is 0 Å². The Hall–Kier alpha value is -2.29. The Bertz CT molecular complexity index is 386. The van der Waals surface area contributed by atoms with Crippen molar-refractivity contribution >= 4 is 11.8 Å². The van der Waals surface area contributed by atoms with Crippen LogP contribution in [0.5, 0.6) is 0 Å². The van der Waals surface area contributed by atoms with Crippen molar-refractivity contribution in [3.63, 3.8) is 0 Å². The molecule has 0 saturated carbocycles. The maximum Gasteiger partial charge on any atom is 0.404 e. The highest BCUT2D eigenvalue weighted by Gasteiger charge is 2.00. The minimum Gasteiger partial charge on any atom is -0.448 e. The van der Waals surface area contributed by atoms with E-state index in [1.165, 1.54) is 12.4 Å². The molecule has 0 fully saturated rings. The molecule has 15 heavy (non-hydrogen) atoms. The first-order valence-corrected chi connectivity index (χ1v) is 4.24. The molecular weight excluding hydrogens is 196 g/mol. The summed E-state index contributed by atoms with van der Waals surface area (Å²) in [6, 6.07) is 3.60. The maximum atomic E-state index is 10.2. The van der Waals surface area contributed by atoms with E-state index in [2.05, 4.69) is 15.0 Å². The van der Waals surface area contributed by atoms with Gasteiger partial charge < -0.3 is 15.8 Å². The zero-order chi connectivity index (χ0) is 11.1. The van der Waals surface area contributed by atoms with Crippen molar-refractivity contribution in [1.29, 1.82) is 5.26 Å². The molecule has 1 aromatic heterocycles. The summed E-state index contributed by atoms with van der Waals surface area (Å²) < 4.78 is 4.51. The Morgan fingerprint density at radius 1 is 1.73 bits per heavy atom. The van der Waals surface area contributed by atoms with Crippen molar-refractivity contribution in [3.05, 3.63) is 24.0 Å². The summed E-state index contributed by atoms with van der Waals surface area (Å²) in [6.45, 7) is 0.526. The first kappa shape index (κ1) is 10.8. The third-order valence-electron chi connectivity index (χ3n) is 1.60. The van der Waals surface area contributed by atoms with Crippen molar-refractivity contribution in [2.75, 3.05) is 18.5 Å². The smallest absolute Gasteiger partial charge is 0.404 e. The number of amides is 1. The number of aromatic nitrogens is 1. The molecule has 1 heterocycles. The molecule has 0 aromatic carbocycles. The molecule has 0 spiro atoms. The number of carbonyl (C=O) groups excluding carboxylic acids is 1. The van der Waals surface area contributed by atoms with Crippen molar-refractivity contribution in [2.24, 2.45) is 5.73 Å². The third kappa shape index (κ3) is 3.52. The van der Waals surface area contributed by atoms with E-state index in [9.17, 15) is 4.79 Å². The number of carbonyl (C=O) groups is 1. The molecule has 6 nitrogen and oxygen atoms in total. The maximum absolute atomic E-state index is 10.2. The summed E-state index contributed by atoms with van der Waals surface area (Å²) in [5, 5.41) is 11.6. The molecule has 0 aliphatic rings. The van der Waals surface area contributed by atoms with Crippen LogP contribution in [0.15, 0.2) is 18.5 Å². The lowest BCUT2D eigenvalue weighted by molar-refractivity contribution is 0.161. The van der Waals surface area contributed by atoms with Gasteiger partial charge in [-0.25, -0.2) is 4.79 Å². The number of hydrogen-bond acceptors (Lipinski definition) is 5. The van der Waals surface area contributed by atoms with Gasteiger partial charge in [0.05, 0.1) is 17.4 Å². The van der Waals surface area contributed by atoms with Crippen LogP contribution in [0.25, 0.3) is 0 Å². The van der Waals surface area contributed by atoms with Crippen molar-refractivity contribution in [3.8, 4) is 6.07 Å². The molecule has 0 aliphatic carbocycles. The zero-order valence-electron chi connectivity index (χ0n) is 7.93. The molecule has 1 amide bonds. The molecule has 78 valence electrons. The van der Waals surface area contributed by atoms with Crippen molar-refractivity contribution < 1.29 is 9.53 Å². The number of nitrogens with two attached hydrogens (primary N) is 1. The van der Waals surface area contributed by atoms with Gasteiger partial charge in [0.25, 0.3) is 0 Å². The number of primary amides is 1. The summed E-state index contributed by atoms with van der Waals surface area (Å²) in [7, 11) is 0. The molecule has 0 bridgehead atoms. The van der Waals surface area contributed by atoms with E-state index in [1.807, 2.05) is 6.07 Å². The Morgan fingerprint density at radius 3 is 3.20 bits per heavy atom. The molecule has 0 aliphatic heterocycles. The number of nitriles is 1. The highest BCUT2D eigenvalue weighted by atomic mass is 16.5. The topological polar surface area (TPSA) is 101 Å². The predicted molar refractivity (Wildman–Crippen MR) is 53.0 cm³/mol. The summed E-state index contributed by atoms with van der Waals surface area (Å²) in [4.78, 5) is 14.1. The Balaban J connectivity index is 2.44. The van der Waals surface area contributed by atoms with Gasteiger partial charge in [-0.2, -0.15) is 5.26 Å². The number of nitrogens with one attached hydrogen (secondary N) is 1. The minimum atomic E-state index is -0.816. The Morgan fingerprint density at radius 2 is 2.53 bits per heavy atom. The number of rotatable bonds is 4. The molecule has 0 radical (unpaired) electrons. The number of ether oxygens (including phenoxy) is 1. The van der Waals surface area contributed by atoms with E-state index in [0.717, 1.165) is 0 Å². The van der Waals surface area contributed by atoms with Crippen LogP contribution in [0.1, 0.15) is 5.56 Å². The first-order chi connectivity index (χ1) is 7.24. The summed E-state index contributed by atoms with van der Waals surface area (Å²) >= 11 is 0. The second-order valence-electron chi connectivity index (χ2n) is 2.63. The van der Waals surface area contributed by atoms with E-state index in [4.69, 9.17) is 11.0 Å². The standard InChI is InChI=1S/C9H10N4O2/c10-5-7-1-2-12-6-8(7)13-3-4-15-9(11)14/h1-2,6,13H,3-4H2,(H2,11,14). The van der Waals surface area contributed by atoms with Gasteiger partial charge in [0.1, 0.15) is 12.7 Å². The van der Waals surface area contributed by atoms with Crippen LogP contribution in [0, 0.1) is 11.3 Å². The van der Waals surface area contributed by atoms with Crippen LogP contribution in [-0.4, -0.2) is 24.2 Å². The highest BCUT2D eigenvalue weighted by Crippen LogP contribution is 2.10. The fourth-order valence-corrected chi connectivity index (χ4v) is 0.970. The fourth-order valence-electron chi connectivity index (χ4n) is 0.970. The third-order valence-corrected chi connectivity index (χ3v) is 1.60. The molecule has 0 saturated heterocycles. The van der Waals surface area contributed by atoms with E-state index >= 15 is 0 Å². The second-order valence-corrected chi connectivity index (χ2v) is 2.63. The van der Waals surface area contributed by atoms with Gasteiger partial charge in [-0.3, -0.25) is 4.98 Å². The minimum absolute atomic E-state index is 0.148. The van der Waals surface area contributed by atoms with Crippen LogP contribution in [0.2, 0.25) is 0 Å². The van der Waals surface area contributed by atoms with Gasteiger partial charge in [-0.15, -0.1) is 0 Å². The molecule has 0 unspecified atom stereocenters. The van der Waals surface area contributed by atoms with Gasteiger partial charge in [0.2, 0.25) is 0 Å². The monoisotopic (exact) mass is 206 g/mol. The summed E-state index contributed by atoms with van der Waals surface area (Å²) in [5.74, 6) is 0. The normalized spacial score (nSPS) is 9.00.